The minimum atomic E-state index is -0.732. The highest BCUT2D eigenvalue weighted by molar-refractivity contribution is 5.98. The third-order valence-corrected chi connectivity index (χ3v) is 3.65. The minimum Gasteiger partial charge on any atom is -0.454 e. The fourth-order valence-electron chi connectivity index (χ4n) is 2.49. The summed E-state index contributed by atoms with van der Waals surface area (Å²) >= 11 is 0. The van der Waals surface area contributed by atoms with Crippen molar-refractivity contribution in [3.63, 3.8) is 0 Å². The second-order valence-electron chi connectivity index (χ2n) is 5.40. The molecule has 0 unspecified atom stereocenters. The van der Waals surface area contributed by atoms with Crippen LogP contribution in [0, 0.1) is 0 Å². The standard InChI is InChI=1S/C18H19N3O4/c1-2-19-18(23)21-17(22)16(12-6-4-3-5-7-12)20-13-8-9-14-15(10-13)25-11-24-14/h3-10,16,20H,2,11H2,1H3,(H2,19,21,22,23)/t16-/m0/s1. The van der Waals surface area contributed by atoms with E-state index < -0.39 is 18.0 Å². The summed E-state index contributed by atoms with van der Waals surface area (Å²) in [5, 5.41) is 8.03. The van der Waals surface area contributed by atoms with Gasteiger partial charge in [0.2, 0.25) is 6.79 Å². The lowest BCUT2D eigenvalue weighted by atomic mass is 10.1. The van der Waals surface area contributed by atoms with Crippen molar-refractivity contribution in [3.05, 3.63) is 54.1 Å². The maximum Gasteiger partial charge on any atom is 0.321 e. The number of urea groups is 1. The average Bonchev–Trinajstić information content (AvgIpc) is 3.08. The summed E-state index contributed by atoms with van der Waals surface area (Å²) in [6.45, 7) is 2.40. The van der Waals surface area contributed by atoms with Crippen LogP contribution < -0.4 is 25.4 Å². The molecule has 1 aliphatic rings. The largest absolute Gasteiger partial charge is 0.454 e. The molecule has 0 fully saturated rings. The highest BCUT2D eigenvalue weighted by Gasteiger charge is 2.23. The Morgan fingerprint density at radius 2 is 1.84 bits per heavy atom. The van der Waals surface area contributed by atoms with Crippen LogP contribution in [0.15, 0.2) is 48.5 Å². The Morgan fingerprint density at radius 1 is 1.08 bits per heavy atom. The summed E-state index contributed by atoms with van der Waals surface area (Å²) in [6.07, 6.45) is 0. The number of hydrogen-bond acceptors (Lipinski definition) is 5. The number of benzene rings is 2. The first-order valence-corrected chi connectivity index (χ1v) is 7.97. The predicted molar refractivity (Wildman–Crippen MR) is 92.6 cm³/mol. The van der Waals surface area contributed by atoms with Crippen LogP contribution in [0.2, 0.25) is 0 Å². The van der Waals surface area contributed by atoms with E-state index in [1.54, 1.807) is 25.1 Å². The van der Waals surface area contributed by atoms with Gasteiger partial charge in [0.1, 0.15) is 6.04 Å². The zero-order valence-electron chi connectivity index (χ0n) is 13.7. The maximum atomic E-state index is 12.6. The second-order valence-corrected chi connectivity index (χ2v) is 5.40. The molecule has 1 heterocycles. The molecule has 2 aromatic carbocycles. The van der Waals surface area contributed by atoms with Gasteiger partial charge in [0.05, 0.1) is 0 Å². The molecule has 0 bridgehead atoms. The van der Waals surface area contributed by atoms with Crippen molar-refractivity contribution in [1.82, 2.24) is 10.6 Å². The molecule has 130 valence electrons. The minimum absolute atomic E-state index is 0.179. The number of carbonyl (C=O) groups excluding carboxylic acids is 2. The van der Waals surface area contributed by atoms with E-state index in [9.17, 15) is 9.59 Å². The topological polar surface area (TPSA) is 88.7 Å². The van der Waals surface area contributed by atoms with E-state index in [1.807, 2.05) is 30.3 Å². The van der Waals surface area contributed by atoms with Gasteiger partial charge in [0.15, 0.2) is 11.5 Å². The molecular formula is C18H19N3O4. The van der Waals surface area contributed by atoms with Gasteiger partial charge in [-0.1, -0.05) is 30.3 Å². The van der Waals surface area contributed by atoms with Gasteiger partial charge in [-0.2, -0.15) is 0 Å². The summed E-state index contributed by atoms with van der Waals surface area (Å²) in [6, 6.07) is 13.2. The molecule has 3 rings (SSSR count). The summed E-state index contributed by atoms with van der Waals surface area (Å²) < 4.78 is 10.6. The Hall–Kier alpha value is -3.22. The zero-order valence-corrected chi connectivity index (χ0v) is 13.7. The number of imide groups is 1. The van der Waals surface area contributed by atoms with Crippen LogP contribution in [0.3, 0.4) is 0 Å². The summed E-state index contributed by atoms with van der Waals surface area (Å²) in [4.78, 5) is 24.3. The van der Waals surface area contributed by atoms with Gasteiger partial charge in [-0.15, -0.1) is 0 Å². The monoisotopic (exact) mass is 341 g/mol. The smallest absolute Gasteiger partial charge is 0.321 e. The number of amides is 3. The lowest BCUT2D eigenvalue weighted by Crippen LogP contribution is -2.43. The van der Waals surface area contributed by atoms with E-state index in [4.69, 9.17) is 9.47 Å². The van der Waals surface area contributed by atoms with E-state index in [0.717, 1.165) is 5.56 Å². The molecule has 0 aliphatic carbocycles. The maximum absolute atomic E-state index is 12.6. The molecule has 25 heavy (non-hydrogen) atoms. The Bertz CT molecular complexity index is 764. The molecule has 3 N–H and O–H groups in total. The fraction of sp³-hybridized carbons (Fsp3) is 0.222. The SMILES string of the molecule is CCNC(=O)NC(=O)[C@@H](Nc1ccc2c(c1)OCO2)c1ccccc1. The van der Waals surface area contributed by atoms with E-state index in [1.165, 1.54) is 0 Å². The quantitative estimate of drug-likeness (QED) is 0.777. The first-order valence-electron chi connectivity index (χ1n) is 7.97. The van der Waals surface area contributed by atoms with Crippen LogP contribution in [0.4, 0.5) is 10.5 Å². The van der Waals surface area contributed by atoms with Crippen molar-refractivity contribution in [2.24, 2.45) is 0 Å². The number of ether oxygens (including phenoxy) is 2. The van der Waals surface area contributed by atoms with E-state index in [0.29, 0.717) is 23.7 Å². The molecule has 1 atom stereocenters. The molecular weight excluding hydrogens is 322 g/mol. The highest BCUT2D eigenvalue weighted by atomic mass is 16.7. The third-order valence-electron chi connectivity index (χ3n) is 3.65. The molecule has 1 aliphatic heterocycles. The van der Waals surface area contributed by atoms with Crippen LogP contribution in [0.5, 0.6) is 11.5 Å². The van der Waals surface area contributed by atoms with Crippen molar-refractivity contribution in [2.75, 3.05) is 18.7 Å². The van der Waals surface area contributed by atoms with Gasteiger partial charge in [0.25, 0.3) is 5.91 Å². The Labute approximate surface area is 145 Å². The Kier molecular flexibility index (Phi) is 5.03. The van der Waals surface area contributed by atoms with E-state index in [-0.39, 0.29) is 6.79 Å². The molecule has 2 aromatic rings. The van der Waals surface area contributed by atoms with Crippen LogP contribution in [-0.4, -0.2) is 25.3 Å². The molecule has 0 aromatic heterocycles. The first-order chi connectivity index (χ1) is 12.2. The van der Waals surface area contributed by atoms with Gasteiger partial charge in [-0.25, -0.2) is 4.79 Å². The molecule has 3 amide bonds. The molecule has 0 saturated heterocycles. The molecule has 0 saturated carbocycles. The van der Waals surface area contributed by atoms with Crippen molar-refractivity contribution in [2.45, 2.75) is 13.0 Å². The summed E-state index contributed by atoms with van der Waals surface area (Å²) in [5.41, 5.74) is 1.42. The molecule has 0 radical (unpaired) electrons. The Morgan fingerprint density at radius 3 is 2.60 bits per heavy atom. The van der Waals surface area contributed by atoms with Gasteiger partial charge >= 0.3 is 6.03 Å². The average molecular weight is 341 g/mol. The van der Waals surface area contributed by atoms with Crippen molar-refractivity contribution in [3.8, 4) is 11.5 Å². The van der Waals surface area contributed by atoms with Crippen molar-refractivity contribution < 1.29 is 19.1 Å². The molecule has 7 heteroatoms. The van der Waals surface area contributed by atoms with Crippen molar-refractivity contribution >= 4 is 17.6 Å². The summed E-state index contributed by atoms with van der Waals surface area (Å²) in [7, 11) is 0. The predicted octanol–water partition coefficient (Wildman–Crippen LogP) is 2.41. The lowest BCUT2D eigenvalue weighted by molar-refractivity contribution is -0.120. The zero-order chi connectivity index (χ0) is 17.6. The normalized spacial score (nSPS) is 13.0. The van der Waals surface area contributed by atoms with Gasteiger partial charge < -0.3 is 20.1 Å². The van der Waals surface area contributed by atoms with Crippen LogP contribution >= 0.6 is 0 Å². The van der Waals surface area contributed by atoms with Crippen LogP contribution in [0.25, 0.3) is 0 Å². The van der Waals surface area contributed by atoms with Gasteiger partial charge in [-0.05, 0) is 24.6 Å². The Balaban J connectivity index is 1.81. The number of rotatable bonds is 5. The van der Waals surface area contributed by atoms with E-state index >= 15 is 0 Å². The van der Waals surface area contributed by atoms with Gasteiger partial charge in [0, 0.05) is 18.3 Å². The molecule has 0 spiro atoms. The second kappa shape index (κ2) is 7.57. The van der Waals surface area contributed by atoms with Crippen LogP contribution in [-0.2, 0) is 4.79 Å². The van der Waals surface area contributed by atoms with Gasteiger partial charge in [-0.3, -0.25) is 10.1 Å². The number of carbonyl (C=O) groups is 2. The summed E-state index contributed by atoms with van der Waals surface area (Å²) in [5.74, 6) is 0.823. The number of hydrogen-bond donors (Lipinski definition) is 3. The number of anilines is 1. The van der Waals surface area contributed by atoms with E-state index in [2.05, 4.69) is 16.0 Å². The fourth-order valence-corrected chi connectivity index (χ4v) is 2.49. The number of nitrogens with one attached hydrogen (secondary N) is 3. The first kappa shape index (κ1) is 16.6. The molecule has 7 nitrogen and oxygen atoms in total. The lowest BCUT2D eigenvalue weighted by Gasteiger charge is -2.20. The van der Waals surface area contributed by atoms with Crippen LogP contribution in [0.1, 0.15) is 18.5 Å². The highest BCUT2D eigenvalue weighted by Crippen LogP contribution is 2.35. The third kappa shape index (κ3) is 4.00. The van der Waals surface area contributed by atoms with Crippen molar-refractivity contribution in [1.29, 1.82) is 0 Å². The number of fused-ring (bicyclic) bond motifs is 1.